The summed E-state index contributed by atoms with van der Waals surface area (Å²) in [6.45, 7) is -0.689. The van der Waals surface area contributed by atoms with Crippen molar-refractivity contribution in [1.82, 2.24) is 9.55 Å². The zero-order valence-corrected chi connectivity index (χ0v) is 15.5. The molecule has 0 aliphatic carbocycles. The van der Waals surface area contributed by atoms with Crippen molar-refractivity contribution < 1.29 is 13.5 Å². The number of furan rings is 1. The smallest absolute Gasteiger partial charge is 0.263 e. The van der Waals surface area contributed by atoms with E-state index in [1.165, 1.54) is 15.9 Å². The molecule has 0 saturated carbocycles. The third-order valence-corrected chi connectivity index (χ3v) is 5.28. The molecule has 0 unspecified atom stereocenters. The van der Waals surface area contributed by atoms with Crippen molar-refractivity contribution in [3.8, 4) is 17.1 Å². The van der Waals surface area contributed by atoms with Crippen LogP contribution in [0.1, 0.15) is 11.4 Å². The predicted molar refractivity (Wildman–Crippen MR) is 103 cm³/mol. The van der Waals surface area contributed by atoms with Crippen molar-refractivity contribution in [2.45, 2.75) is 13.0 Å². The molecular formula is C20H17FN2O3S. The molecule has 0 atom stereocenters. The summed E-state index contributed by atoms with van der Waals surface area (Å²) >= 11 is 1.38. The molecule has 4 aromatic rings. The third kappa shape index (κ3) is 3.14. The summed E-state index contributed by atoms with van der Waals surface area (Å²) in [5, 5.41) is 2.32. The van der Waals surface area contributed by atoms with Gasteiger partial charge in [-0.2, -0.15) is 0 Å². The first kappa shape index (κ1) is 17.5. The lowest BCUT2D eigenvalue weighted by molar-refractivity contribution is 0.408. The molecule has 27 heavy (non-hydrogen) atoms. The standard InChI is InChI=1S/C20H17FN2O3S/c1-25-15-6-3-2-5-13(15)11-17-22-19-18(20(24)23(17)9-8-21)14(12-27-19)16-7-4-10-26-16/h2-7,10,12H,8-9,11H2,1H3. The quantitative estimate of drug-likeness (QED) is 0.498. The van der Waals surface area contributed by atoms with Gasteiger partial charge in [0.05, 0.1) is 25.3 Å². The third-order valence-electron chi connectivity index (χ3n) is 4.41. The Kier molecular flexibility index (Phi) is 4.77. The Morgan fingerprint density at radius 2 is 2.11 bits per heavy atom. The first-order valence-corrected chi connectivity index (χ1v) is 9.33. The molecule has 0 aliphatic heterocycles. The Labute approximate surface area is 158 Å². The highest BCUT2D eigenvalue weighted by Crippen LogP contribution is 2.31. The summed E-state index contributed by atoms with van der Waals surface area (Å²) in [6, 6.07) is 11.1. The lowest BCUT2D eigenvalue weighted by Gasteiger charge is -2.13. The van der Waals surface area contributed by atoms with Gasteiger partial charge >= 0.3 is 0 Å². The van der Waals surface area contributed by atoms with Gasteiger partial charge in [-0.05, 0) is 18.2 Å². The minimum atomic E-state index is -0.647. The summed E-state index contributed by atoms with van der Waals surface area (Å²) in [7, 11) is 1.60. The van der Waals surface area contributed by atoms with Crippen LogP contribution >= 0.6 is 11.3 Å². The molecule has 0 bridgehead atoms. The summed E-state index contributed by atoms with van der Waals surface area (Å²) in [4.78, 5) is 18.4. The van der Waals surface area contributed by atoms with Crippen LogP contribution in [0.2, 0.25) is 0 Å². The van der Waals surface area contributed by atoms with Crippen LogP contribution in [-0.2, 0) is 13.0 Å². The molecule has 138 valence electrons. The summed E-state index contributed by atoms with van der Waals surface area (Å²) in [5.41, 5.74) is 1.32. The van der Waals surface area contributed by atoms with Crippen molar-refractivity contribution in [1.29, 1.82) is 0 Å². The van der Waals surface area contributed by atoms with Crippen LogP contribution in [0, 0.1) is 0 Å². The van der Waals surface area contributed by atoms with Gasteiger partial charge in [-0.15, -0.1) is 11.3 Å². The number of para-hydroxylation sites is 1. The largest absolute Gasteiger partial charge is 0.496 e. The number of thiophene rings is 1. The maximum atomic E-state index is 13.2. The number of methoxy groups -OCH3 is 1. The van der Waals surface area contributed by atoms with Gasteiger partial charge in [0.25, 0.3) is 5.56 Å². The molecule has 1 aromatic carbocycles. The molecule has 0 amide bonds. The van der Waals surface area contributed by atoms with E-state index in [1.54, 1.807) is 25.5 Å². The van der Waals surface area contributed by atoms with E-state index in [9.17, 15) is 9.18 Å². The van der Waals surface area contributed by atoms with E-state index in [1.807, 2.05) is 29.6 Å². The molecule has 0 N–H and O–H groups in total. The summed E-state index contributed by atoms with van der Waals surface area (Å²) in [5.74, 6) is 1.83. The molecule has 3 heterocycles. The Morgan fingerprint density at radius 1 is 1.26 bits per heavy atom. The highest BCUT2D eigenvalue weighted by Gasteiger charge is 2.19. The molecular weight excluding hydrogens is 367 g/mol. The van der Waals surface area contributed by atoms with Crippen molar-refractivity contribution in [3.05, 3.63) is 69.8 Å². The summed E-state index contributed by atoms with van der Waals surface area (Å²) in [6.07, 6.45) is 1.94. The highest BCUT2D eigenvalue weighted by molar-refractivity contribution is 7.17. The van der Waals surface area contributed by atoms with Crippen molar-refractivity contribution >= 4 is 21.6 Å². The molecule has 0 saturated heterocycles. The number of hydrogen-bond donors (Lipinski definition) is 0. The molecule has 0 aliphatic rings. The number of benzene rings is 1. The van der Waals surface area contributed by atoms with E-state index < -0.39 is 6.67 Å². The second kappa shape index (κ2) is 7.36. The van der Waals surface area contributed by atoms with Gasteiger partial charge in [-0.1, -0.05) is 18.2 Å². The number of rotatable bonds is 6. The van der Waals surface area contributed by atoms with Crippen LogP contribution in [0.15, 0.2) is 57.3 Å². The number of fused-ring (bicyclic) bond motifs is 1. The fourth-order valence-corrected chi connectivity index (χ4v) is 4.09. The second-order valence-corrected chi connectivity index (χ2v) is 6.83. The van der Waals surface area contributed by atoms with Gasteiger partial charge in [0, 0.05) is 22.9 Å². The normalized spacial score (nSPS) is 11.2. The molecule has 4 rings (SSSR count). The van der Waals surface area contributed by atoms with Gasteiger partial charge in [-0.3, -0.25) is 9.36 Å². The van der Waals surface area contributed by atoms with Gasteiger partial charge in [0.1, 0.15) is 28.8 Å². The average Bonchev–Trinajstić information content (AvgIpc) is 3.34. The number of hydrogen-bond acceptors (Lipinski definition) is 5. The molecule has 3 aromatic heterocycles. The van der Waals surface area contributed by atoms with Crippen LogP contribution in [-0.4, -0.2) is 23.3 Å². The zero-order chi connectivity index (χ0) is 18.8. The second-order valence-electron chi connectivity index (χ2n) is 5.97. The number of aromatic nitrogens is 2. The minimum absolute atomic E-state index is 0.0420. The Morgan fingerprint density at radius 3 is 2.85 bits per heavy atom. The fraction of sp³-hybridized carbons (Fsp3) is 0.200. The molecule has 0 fully saturated rings. The van der Waals surface area contributed by atoms with Crippen molar-refractivity contribution in [3.63, 3.8) is 0 Å². The zero-order valence-electron chi connectivity index (χ0n) is 14.6. The molecule has 5 nitrogen and oxygen atoms in total. The van der Waals surface area contributed by atoms with E-state index in [2.05, 4.69) is 4.98 Å². The van der Waals surface area contributed by atoms with Gasteiger partial charge in [-0.25, -0.2) is 9.37 Å². The molecule has 0 spiro atoms. The van der Waals surface area contributed by atoms with Gasteiger partial charge < -0.3 is 9.15 Å². The van der Waals surface area contributed by atoms with Gasteiger partial charge in [0.15, 0.2) is 0 Å². The number of nitrogens with zero attached hydrogens (tertiary/aromatic N) is 2. The van der Waals surface area contributed by atoms with E-state index >= 15 is 0 Å². The monoisotopic (exact) mass is 384 g/mol. The van der Waals surface area contributed by atoms with Crippen LogP contribution in [0.4, 0.5) is 4.39 Å². The number of ether oxygens (including phenoxy) is 1. The van der Waals surface area contributed by atoms with E-state index in [-0.39, 0.29) is 12.1 Å². The van der Waals surface area contributed by atoms with Crippen LogP contribution in [0.3, 0.4) is 0 Å². The first-order chi connectivity index (χ1) is 13.2. The molecule has 7 heteroatoms. The lowest BCUT2D eigenvalue weighted by Crippen LogP contribution is -2.26. The predicted octanol–water partition coefficient (Wildman–Crippen LogP) is 4.29. The topological polar surface area (TPSA) is 57.3 Å². The Bertz CT molecular complexity index is 1130. The van der Waals surface area contributed by atoms with E-state index in [0.717, 1.165) is 5.56 Å². The van der Waals surface area contributed by atoms with Crippen molar-refractivity contribution in [2.24, 2.45) is 0 Å². The number of alkyl halides is 1. The van der Waals surface area contributed by atoms with Crippen LogP contribution in [0.5, 0.6) is 5.75 Å². The van der Waals surface area contributed by atoms with E-state index in [4.69, 9.17) is 9.15 Å². The number of halogens is 1. The minimum Gasteiger partial charge on any atom is -0.496 e. The SMILES string of the molecule is COc1ccccc1Cc1nc2scc(-c3ccco3)c2c(=O)n1CCF. The molecule has 0 radical (unpaired) electrons. The average molecular weight is 384 g/mol. The summed E-state index contributed by atoms with van der Waals surface area (Å²) < 4.78 is 25.4. The van der Waals surface area contributed by atoms with Crippen LogP contribution < -0.4 is 10.3 Å². The van der Waals surface area contributed by atoms with Gasteiger partial charge in [0.2, 0.25) is 0 Å². The van der Waals surface area contributed by atoms with E-state index in [0.29, 0.717) is 39.5 Å². The maximum Gasteiger partial charge on any atom is 0.263 e. The first-order valence-electron chi connectivity index (χ1n) is 8.45. The maximum absolute atomic E-state index is 13.2. The highest BCUT2D eigenvalue weighted by atomic mass is 32.1. The van der Waals surface area contributed by atoms with Crippen molar-refractivity contribution in [2.75, 3.05) is 13.8 Å². The van der Waals surface area contributed by atoms with Crippen LogP contribution in [0.25, 0.3) is 21.5 Å². The Balaban J connectivity index is 1.88. The fourth-order valence-electron chi connectivity index (χ4n) is 3.15. The Hall–Kier alpha value is -2.93. The lowest BCUT2D eigenvalue weighted by atomic mass is 10.1.